The molecular weight excluding hydrogens is 746 g/mol. The minimum absolute atomic E-state index is 0.00944. The van der Waals surface area contributed by atoms with Gasteiger partial charge in [-0.3, -0.25) is 10.1 Å². The summed E-state index contributed by atoms with van der Waals surface area (Å²) in [5.41, 5.74) is 8.43. The summed E-state index contributed by atoms with van der Waals surface area (Å²) in [5.74, 6) is 0.276. The summed E-state index contributed by atoms with van der Waals surface area (Å²) in [4.78, 5) is 24.2. The second-order valence-electron chi connectivity index (χ2n) is 13.5. The molecule has 258 valence electrons. The van der Waals surface area contributed by atoms with Crippen molar-refractivity contribution in [2.75, 3.05) is 13.2 Å². The number of benzene rings is 4. The number of nitro benzene ring substituents is 1. The first-order valence-electron chi connectivity index (χ1n) is 17.3. The second kappa shape index (κ2) is 16.5. The molecule has 0 spiro atoms. The summed E-state index contributed by atoms with van der Waals surface area (Å²) in [6, 6.07) is 26.5. The first-order valence-corrected chi connectivity index (χ1v) is 18.9. The van der Waals surface area contributed by atoms with Crippen LogP contribution in [0.2, 0.25) is 0 Å². The molecule has 0 saturated carbocycles. The van der Waals surface area contributed by atoms with Gasteiger partial charge in [0.1, 0.15) is 6.61 Å². The van der Waals surface area contributed by atoms with Crippen LogP contribution < -0.4 is 0 Å². The molecule has 4 aromatic carbocycles. The van der Waals surface area contributed by atoms with Gasteiger partial charge in [-0.05, 0) is 101 Å². The highest BCUT2D eigenvalue weighted by Crippen LogP contribution is 2.52. The number of rotatable bonds is 15. The summed E-state index contributed by atoms with van der Waals surface area (Å²) >= 11 is 7.27. The summed E-state index contributed by atoms with van der Waals surface area (Å²) in [7, 11) is 0. The standard InChI is InChI=1S/C41H45Br2NO5/c1-5-7-9-28(6-2)22-29-10-12-30(13-11-29)31-14-19-39(44(46)47)36(23-31)27(3)26-49-40(45)48-21-8-20-41(4)37-24-32(42)15-17-34(37)35-18-16-33(43)25-38(35)41/h10-19,23-25,27-28H,5-9,20-22,26H2,1-4H3. The molecule has 6 nitrogen and oxygen atoms in total. The quantitative estimate of drug-likeness (QED) is 0.0518. The molecule has 0 radical (unpaired) electrons. The lowest BCUT2D eigenvalue weighted by Crippen LogP contribution is -2.22. The van der Waals surface area contributed by atoms with Gasteiger partial charge in [-0.1, -0.05) is 122 Å². The summed E-state index contributed by atoms with van der Waals surface area (Å²) in [5, 5.41) is 11.9. The van der Waals surface area contributed by atoms with Crippen molar-refractivity contribution in [1.82, 2.24) is 0 Å². The number of nitrogens with zero attached hydrogens (tertiary/aromatic N) is 1. The number of nitro groups is 1. The average molecular weight is 792 g/mol. The van der Waals surface area contributed by atoms with Crippen molar-refractivity contribution in [1.29, 1.82) is 0 Å². The number of hydrogen-bond acceptors (Lipinski definition) is 5. The smallest absolute Gasteiger partial charge is 0.434 e. The van der Waals surface area contributed by atoms with Crippen LogP contribution in [0.5, 0.6) is 0 Å². The van der Waals surface area contributed by atoms with Crippen molar-refractivity contribution >= 4 is 43.7 Å². The van der Waals surface area contributed by atoms with E-state index < -0.39 is 12.1 Å². The van der Waals surface area contributed by atoms with Crippen molar-refractivity contribution in [3.05, 3.63) is 120 Å². The molecule has 49 heavy (non-hydrogen) atoms. The topological polar surface area (TPSA) is 78.7 Å². The van der Waals surface area contributed by atoms with E-state index >= 15 is 0 Å². The van der Waals surface area contributed by atoms with E-state index in [9.17, 15) is 14.9 Å². The van der Waals surface area contributed by atoms with Crippen LogP contribution in [-0.2, 0) is 21.3 Å². The molecule has 2 atom stereocenters. The van der Waals surface area contributed by atoms with Crippen molar-refractivity contribution in [2.45, 2.75) is 84.0 Å². The Balaban J connectivity index is 1.18. The van der Waals surface area contributed by atoms with Crippen LogP contribution in [-0.4, -0.2) is 24.3 Å². The second-order valence-corrected chi connectivity index (χ2v) is 15.3. The first kappa shape index (κ1) is 36.8. The number of carbonyl (C=O) groups is 1. The van der Waals surface area contributed by atoms with E-state index in [1.807, 2.05) is 13.0 Å². The van der Waals surface area contributed by atoms with E-state index in [2.05, 4.69) is 113 Å². The van der Waals surface area contributed by atoms with E-state index in [0.717, 1.165) is 32.9 Å². The Morgan fingerprint density at radius 1 is 0.857 bits per heavy atom. The zero-order valence-corrected chi connectivity index (χ0v) is 31.9. The molecule has 0 aliphatic heterocycles. The number of unbranched alkanes of at least 4 members (excludes halogenated alkanes) is 1. The molecule has 0 bridgehead atoms. The van der Waals surface area contributed by atoms with Gasteiger partial charge in [0.2, 0.25) is 0 Å². The fourth-order valence-electron chi connectivity index (χ4n) is 7.14. The molecule has 0 saturated heterocycles. The fourth-order valence-corrected chi connectivity index (χ4v) is 7.86. The Morgan fingerprint density at radius 3 is 2.08 bits per heavy atom. The molecule has 4 aromatic rings. The first-order chi connectivity index (χ1) is 23.5. The zero-order valence-electron chi connectivity index (χ0n) is 28.8. The molecule has 0 amide bonds. The Bertz CT molecular complexity index is 1740. The van der Waals surface area contributed by atoms with Gasteiger partial charge in [0.15, 0.2) is 0 Å². The predicted octanol–water partition coefficient (Wildman–Crippen LogP) is 12.6. The number of carbonyl (C=O) groups excluding carboxylic acids is 1. The minimum Gasteiger partial charge on any atom is -0.434 e. The third kappa shape index (κ3) is 8.64. The maximum absolute atomic E-state index is 12.6. The molecule has 1 aliphatic rings. The molecule has 0 N–H and O–H groups in total. The van der Waals surface area contributed by atoms with E-state index in [4.69, 9.17) is 9.47 Å². The number of fused-ring (bicyclic) bond motifs is 3. The highest BCUT2D eigenvalue weighted by molar-refractivity contribution is 9.10. The monoisotopic (exact) mass is 789 g/mol. The number of ether oxygens (including phenoxy) is 2. The van der Waals surface area contributed by atoms with E-state index in [0.29, 0.717) is 17.9 Å². The lowest BCUT2D eigenvalue weighted by atomic mass is 9.76. The Hall–Kier alpha value is -3.49. The highest BCUT2D eigenvalue weighted by atomic mass is 79.9. The molecule has 0 fully saturated rings. The minimum atomic E-state index is -0.770. The Labute approximate surface area is 307 Å². The van der Waals surface area contributed by atoms with E-state index in [1.54, 1.807) is 12.1 Å². The zero-order chi connectivity index (χ0) is 35.1. The molecule has 2 unspecified atom stereocenters. The summed E-state index contributed by atoms with van der Waals surface area (Å²) < 4.78 is 13.0. The molecular formula is C41H45Br2NO5. The van der Waals surface area contributed by atoms with Gasteiger partial charge in [-0.2, -0.15) is 0 Å². The van der Waals surface area contributed by atoms with Gasteiger partial charge in [0, 0.05) is 31.9 Å². The van der Waals surface area contributed by atoms with Crippen molar-refractivity contribution in [3.8, 4) is 22.3 Å². The fraction of sp³-hybridized carbons (Fsp3) is 0.390. The molecule has 8 heteroatoms. The molecule has 0 aromatic heterocycles. The van der Waals surface area contributed by atoms with Crippen LogP contribution in [0.4, 0.5) is 10.5 Å². The van der Waals surface area contributed by atoms with Crippen LogP contribution in [0.25, 0.3) is 22.3 Å². The summed E-state index contributed by atoms with van der Waals surface area (Å²) in [6.07, 6.45) is 6.59. The Kier molecular flexibility index (Phi) is 12.4. The predicted molar refractivity (Wildman–Crippen MR) is 204 cm³/mol. The maximum atomic E-state index is 12.6. The van der Waals surface area contributed by atoms with Crippen molar-refractivity contribution in [2.24, 2.45) is 5.92 Å². The molecule has 5 rings (SSSR count). The lowest BCUT2D eigenvalue weighted by molar-refractivity contribution is -0.385. The largest absolute Gasteiger partial charge is 0.508 e. The van der Waals surface area contributed by atoms with E-state index in [-0.39, 0.29) is 29.2 Å². The molecule has 0 heterocycles. The lowest BCUT2D eigenvalue weighted by Gasteiger charge is -2.27. The van der Waals surface area contributed by atoms with Crippen molar-refractivity contribution < 1.29 is 19.2 Å². The third-order valence-electron chi connectivity index (χ3n) is 10.0. The third-order valence-corrected chi connectivity index (χ3v) is 11.0. The van der Waals surface area contributed by atoms with Gasteiger partial charge < -0.3 is 9.47 Å². The van der Waals surface area contributed by atoms with Crippen molar-refractivity contribution in [3.63, 3.8) is 0 Å². The normalized spacial score (nSPS) is 14.1. The number of halogens is 2. The van der Waals surface area contributed by atoms with Crippen LogP contribution in [0.15, 0.2) is 87.8 Å². The van der Waals surface area contributed by atoms with Gasteiger partial charge in [0.05, 0.1) is 11.5 Å². The SMILES string of the molecule is CCCCC(CC)Cc1ccc(-c2ccc([N+](=O)[O-])c(C(C)COC(=O)OCCCC3(C)c4cc(Br)ccc4-c4ccc(Br)cc43)c2)cc1. The highest BCUT2D eigenvalue weighted by Gasteiger charge is 2.39. The van der Waals surface area contributed by atoms with Crippen LogP contribution >= 0.6 is 31.9 Å². The van der Waals surface area contributed by atoms with Crippen LogP contribution in [0, 0.1) is 16.0 Å². The summed E-state index contributed by atoms with van der Waals surface area (Å²) in [6.45, 7) is 8.73. The van der Waals surface area contributed by atoms with Crippen LogP contribution in [0.1, 0.15) is 94.4 Å². The van der Waals surface area contributed by atoms with Gasteiger partial charge in [-0.25, -0.2) is 4.79 Å². The van der Waals surface area contributed by atoms with Gasteiger partial charge in [-0.15, -0.1) is 0 Å². The van der Waals surface area contributed by atoms with Crippen LogP contribution in [0.3, 0.4) is 0 Å². The Morgan fingerprint density at radius 2 is 1.49 bits per heavy atom. The number of hydrogen-bond donors (Lipinski definition) is 0. The average Bonchev–Trinajstić information content (AvgIpc) is 3.33. The molecule has 1 aliphatic carbocycles. The maximum Gasteiger partial charge on any atom is 0.508 e. The van der Waals surface area contributed by atoms with Gasteiger partial charge in [0.25, 0.3) is 5.69 Å². The van der Waals surface area contributed by atoms with E-state index in [1.165, 1.54) is 53.5 Å². The van der Waals surface area contributed by atoms with Gasteiger partial charge >= 0.3 is 6.16 Å².